The predicted octanol–water partition coefficient (Wildman–Crippen LogP) is -0.908. The number of amides is 2. The number of nitrogen functional groups attached to an aromatic ring is 1. The number of nitrogens with zero attached hydrogens (tertiary/aromatic N) is 1. The zero-order chi connectivity index (χ0) is 17.6. The quantitative estimate of drug-likeness (QED) is 0.610. The summed E-state index contributed by atoms with van der Waals surface area (Å²) in [5.74, 6) is -2.00. The average molecular weight is 348 g/mol. The lowest BCUT2D eigenvalue weighted by Gasteiger charge is -2.12. The lowest BCUT2D eigenvalue weighted by Crippen LogP contribution is -2.24. The summed E-state index contributed by atoms with van der Waals surface area (Å²) in [5, 5.41) is 7.08. The highest BCUT2D eigenvalue weighted by Gasteiger charge is 2.31. The maximum Gasteiger partial charge on any atom is 0.262 e. The van der Waals surface area contributed by atoms with E-state index in [1.54, 1.807) is 0 Å². The minimum atomic E-state index is -3.75. The van der Waals surface area contributed by atoms with Crippen molar-refractivity contribution >= 4 is 27.7 Å². The third kappa shape index (κ3) is 2.68. The van der Waals surface area contributed by atoms with Crippen molar-refractivity contribution < 1.29 is 18.0 Å². The molecule has 3 rings (SSSR count). The first kappa shape index (κ1) is 15.9. The lowest BCUT2D eigenvalue weighted by atomic mass is 10.1. The molecule has 0 unspecified atom stereocenters. The SMILES string of the molecule is Nc1c2c(cc(=O)n1-c1cccc(CS(N)(=O)=O)c1)C(=O)NC2=O. The largest absolute Gasteiger partial charge is 0.384 e. The van der Waals surface area contributed by atoms with Crippen LogP contribution in [-0.2, 0) is 15.8 Å². The Morgan fingerprint density at radius 2 is 1.79 bits per heavy atom. The summed E-state index contributed by atoms with van der Waals surface area (Å²) in [5.41, 5.74) is 5.72. The highest BCUT2D eigenvalue weighted by molar-refractivity contribution is 7.88. The van der Waals surface area contributed by atoms with Crippen molar-refractivity contribution in [3.8, 4) is 5.69 Å². The van der Waals surface area contributed by atoms with Gasteiger partial charge in [-0.25, -0.2) is 13.6 Å². The van der Waals surface area contributed by atoms with Crippen molar-refractivity contribution in [3.05, 3.63) is 57.4 Å². The Balaban J connectivity index is 2.20. The standard InChI is InChI=1S/C14H12N4O5S/c15-12-11-9(13(20)17-14(11)21)5-10(19)18(12)8-3-1-2-7(4-8)6-24(16,22)23/h1-5H,6,15H2,(H2,16,22,23)(H,17,20,21). The zero-order valence-corrected chi connectivity index (χ0v) is 13.0. The van der Waals surface area contributed by atoms with Gasteiger partial charge in [-0.3, -0.25) is 24.3 Å². The normalized spacial score (nSPS) is 13.7. The Kier molecular flexibility index (Phi) is 3.50. The molecule has 1 aliphatic rings. The Hall–Kier alpha value is -2.98. The van der Waals surface area contributed by atoms with Gasteiger partial charge in [0.1, 0.15) is 5.82 Å². The number of benzene rings is 1. The summed E-state index contributed by atoms with van der Waals surface area (Å²) in [6, 6.07) is 7.01. The Morgan fingerprint density at radius 3 is 2.46 bits per heavy atom. The lowest BCUT2D eigenvalue weighted by molar-refractivity contribution is 0.0880. The third-order valence-electron chi connectivity index (χ3n) is 3.49. The van der Waals surface area contributed by atoms with Gasteiger partial charge in [0.25, 0.3) is 17.4 Å². The summed E-state index contributed by atoms with van der Waals surface area (Å²) in [6.07, 6.45) is 0. The number of nitrogens with one attached hydrogen (secondary N) is 1. The van der Waals surface area contributed by atoms with Crippen molar-refractivity contribution in [1.82, 2.24) is 9.88 Å². The number of carbonyl (C=O) groups excluding carboxylic acids is 2. The van der Waals surface area contributed by atoms with Crippen LogP contribution in [0.3, 0.4) is 0 Å². The number of pyridine rings is 1. The molecule has 124 valence electrons. The molecular formula is C14H12N4O5S. The molecule has 10 heteroatoms. The van der Waals surface area contributed by atoms with Crippen LogP contribution in [0, 0.1) is 0 Å². The second-order valence-corrected chi connectivity index (χ2v) is 6.87. The van der Waals surface area contributed by atoms with E-state index in [4.69, 9.17) is 10.9 Å². The fraction of sp³-hybridized carbons (Fsp3) is 0.0714. The van der Waals surface area contributed by atoms with Gasteiger partial charge in [0.2, 0.25) is 10.0 Å². The number of primary sulfonamides is 1. The highest BCUT2D eigenvalue weighted by atomic mass is 32.2. The molecule has 2 aromatic rings. The molecule has 1 aromatic heterocycles. The number of aromatic nitrogens is 1. The summed E-state index contributed by atoms with van der Waals surface area (Å²) in [4.78, 5) is 35.7. The van der Waals surface area contributed by atoms with Crippen LogP contribution in [0.4, 0.5) is 5.82 Å². The van der Waals surface area contributed by atoms with Crippen LogP contribution in [0.15, 0.2) is 35.1 Å². The minimum Gasteiger partial charge on any atom is -0.384 e. The third-order valence-corrected chi connectivity index (χ3v) is 4.23. The van der Waals surface area contributed by atoms with Crippen molar-refractivity contribution in [2.45, 2.75) is 5.75 Å². The van der Waals surface area contributed by atoms with E-state index in [9.17, 15) is 22.8 Å². The molecule has 0 saturated heterocycles. The van der Waals surface area contributed by atoms with Crippen molar-refractivity contribution in [1.29, 1.82) is 0 Å². The van der Waals surface area contributed by atoms with Gasteiger partial charge >= 0.3 is 0 Å². The van der Waals surface area contributed by atoms with Crippen LogP contribution in [0.1, 0.15) is 26.3 Å². The fourth-order valence-corrected chi connectivity index (χ4v) is 3.21. The van der Waals surface area contributed by atoms with Gasteiger partial charge in [-0.2, -0.15) is 0 Å². The molecule has 1 aromatic carbocycles. The number of hydrogen-bond acceptors (Lipinski definition) is 6. The molecule has 24 heavy (non-hydrogen) atoms. The second kappa shape index (κ2) is 5.28. The van der Waals surface area contributed by atoms with Gasteiger partial charge in [-0.15, -0.1) is 0 Å². The summed E-state index contributed by atoms with van der Waals surface area (Å²) < 4.78 is 23.4. The number of carbonyl (C=O) groups is 2. The maximum atomic E-state index is 12.3. The van der Waals surface area contributed by atoms with E-state index in [2.05, 4.69) is 5.32 Å². The van der Waals surface area contributed by atoms with Gasteiger partial charge in [0.15, 0.2) is 0 Å². The number of anilines is 1. The number of imide groups is 1. The van der Waals surface area contributed by atoms with Crippen LogP contribution in [0.5, 0.6) is 0 Å². The maximum absolute atomic E-state index is 12.3. The molecule has 2 heterocycles. The van der Waals surface area contributed by atoms with E-state index in [0.29, 0.717) is 5.56 Å². The molecule has 5 N–H and O–H groups in total. The molecular weight excluding hydrogens is 336 g/mol. The van der Waals surface area contributed by atoms with Crippen LogP contribution in [0.25, 0.3) is 5.69 Å². The van der Waals surface area contributed by atoms with Gasteiger partial charge in [0.05, 0.1) is 22.6 Å². The molecule has 0 bridgehead atoms. The second-order valence-electron chi connectivity index (χ2n) is 5.25. The Labute approximate surface area is 135 Å². The van der Waals surface area contributed by atoms with E-state index >= 15 is 0 Å². The van der Waals surface area contributed by atoms with Gasteiger partial charge in [-0.1, -0.05) is 12.1 Å². The topological polar surface area (TPSA) is 154 Å². The first-order chi connectivity index (χ1) is 11.2. The number of sulfonamides is 1. The molecule has 0 saturated carbocycles. The van der Waals surface area contributed by atoms with Gasteiger partial charge < -0.3 is 5.73 Å². The molecule has 0 spiro atoms. The summed E-state index contributed by atoms with van der Waals surface area (Å²) >= 11 is 0. The molecule has 0 atom stereocenters. The van der Waals surface area contributed by atoms with E-state index in [0.717, 1.165) is 10.6 Å². The number of fused-ring (bicyclic) bond motifs is 1. The van der Waals surface area contributed by atoms with Crippen molar-refractivity contribution in [3.63, 3.8) is 0 Å². The van der Waals surface area contributed by atoms with Crippen LogP contribution in [-0.4, -0.2) is 24.8 Å². The predicted molar refractivity (Wildman–Crippen MR) is 85.1 cm³/mol. The first-order valence-electron chi connectivity index (χ1n) is 6.68. The molecule has 0 fully saturated rings. The van der Waals surface area contributed by atoms with Gasteiger partial charge in [-0.05, 0) is 17.7 Å². The van der Waals surface area contributed by atoms with E-state index in [1.165, 1.54) is 24.3 Å². The minimum absolute atomic E-state index is 0.0839. The molecule has 0 radical (unpaired) electrons. The number of hydrogen-bond donors (Lipinski definition) is 3. The van der Waals surface area contributed by atoms with Crippen LogP contribution < -0.4 is 21.7 Å². The van der Waals surface area contributed by atoms with E-state index in [1.807, 2.05) is 0 Å². The van der Waals surface area contributed by atoms with Gasteiger partial charge in [0, 0.05) is 6.07 Å². The average Bonchev–Trinajstić information content (AvgIpc) is 2.72. The van der Waals surface area contributed by atoms with Crippen molar-refractivity contribution in [2.24, 2.45) is 5.14 Å². The fourth-order valence-electron chi connectivity index (χ4n) is 2.56. The monoisotopic (exact) mass is 348 g/mol. The zero-order valence-electron chi connectivity index (χ0n) is 12.1. The highest BCUT2D eigenvalue weighted by Crippen LogP contribution is 2.23. The molecule has 2 amide bonds. The van der Waals surface area contributed by atoms with Crippen molar-refractivity contribution in [2.75, 3.05) is 5.73 Å². The number of nitrogens with two attached hydrogens (primary N) is 2. The first-order valence-corrected chi connectivity index (χ1v) is 8.40. The van der Waals surface area contributed by atoms with E-state index < -0.39 is 33.1 Å². The van der Waals surface area contributed by atoms with Crippen LogP contribution >= 0.6 is 0 Å². The summed E-state index contributed by atoms with van der Waals surface area (Å²) in [7, 11) is -3.75. The molecule has 0 aliphatic carbocycles. The summed E-state index contributed by atoms with van der Waals surface area (Å²) in [6.45, 7) is 0. The van der Waals surface area contributed by atoms with E-state index in [-0.39, 0.29) is 22.6 Å². The molecule has 9 nitrogen and oxygen atoms in total. The Bertz CT molecular complexity index is 1060. The Morgan fingerprint density at radius 1 is 1.08 bits per heavy atom. The smallest absolute Gasteiger partial charge is 0.262 e. The molecule has 1 aliphatic heterocycles. The van der Waals surface area contributed by atoms with Crippen LogP contribution in [0.2, 0.25) is 0 Å². The number of rotatable bonds is 3.